The van der Waals surface area contributed by atoms with Crippen molar-refractivity contribution in [2.45, 2.75) is 52.1 Å². The van der Waals surface area contributed by atoms with Crippen LogP contribution < -0.4 is 5.73 Å². The van der Waals surface area contributed by atoms with E-state index < -0.39 is 0 Å². The molecular formula is C15H28ClN3O2. The first-order valence-corrected chi connectivity index (χ1v) is 7.76. The Morgan fingerprint density at radius 1 is 1.29 bits per heavy atom. The summed E-state index contributed by atoms with van der Waals surface area (Å²) in [6, 6.07) is -0.00322. The lowest BCUT2D eigenvalue weighted by Crippen LogP contribution is -2.49. The topological polar surface area (TPSA) is 66.6 Å². The van der Waals surface area contributed by atoms with E-state index in [0.717, 1.165) is 32.4 Å². The van der Waals surface area contributed by atoms with E-state index in [4.69, 9.17) is 5.73 Å². The van der Waals surface area contributed by atoms with Gasteiger partial charge in [-0.15, -0.1) is 12.4 Å². The van der Waals surface area contributed by atoms with Crippen molar-refractivity contribution in [2.24, 2.45) is 17.6 Å². The van der Waals surface area contributed by atoms with Gasteiger partial charge in [-0.1, -0.05) is 13.8 Å². The Bertz CT molecular complexity index is 389. The van der Waals surface area contributed by atoms with Crippen LogP contribution in [0, 0.1) is 11.8 Å². The molecule has 2 aliphatic heterocycles. The number of amides is 2. The maximum atomic E-state index is 12.7. The molecule has 5 nitrogen and oxygen atoms in total. The zero-order valence-electron chi connectivity index (χ0n) is 13.2. The fraction of sp³-hybridized carbons (Fsp3) is 0.867. The van der Waals surface area contributed by atoms with E-state index in [-0.39, 0.29) is 42.2 Å². The molecule has 0 bridgehead atoms. The Morgan fingerprint density at radius 2 is 1.95 bits per heavy atom. The highest BCUT2D eigenvalue weighted by molar-refractivity contribution is 5.89. The van der Waals surface area contributed by atoms with Crippen molar-refractivity contribution < 1.29 is 9.59 Å². The van der Waals surface area contributed by atoms with Gasteiger partial charge in [0.2, 0.25) is 11.8 Å². The van der Waals surface area contributed by atoms with Crippen LogP contribution in [0.25, 0.3) is 0 Å². The van der Waals surface area contributed by atoms with Crippen LogP contribution in [0.2, 0.25) is 0 Å². The van der Waals surface area contributed by atoms with Crippen LogP contribution in [0.1, 0.15) is 40.0 Å². The summed E-state index contributed by atoms with van der Waals surface area (Å²) in [5.74, 6) is 0.587. The molecule has 0 aromatic heterocycles. The second-order valence-electron chi connectivity index (χ2n) is 6.52. The van der Waals surface area contributed by atoms with E-state index in [2.05, 4.69) is 6.92 Å². The molecule has 0 aromatic carbocycles. The first kappa shape index (κ1) is 18.2. The lowest BCUT2D eigenvalue weighted by atomic mass is 10.1. The molecule has 2 amide bonds. The quantitative estimate of drug-likeness (QED) is 0.852. The number of hydrogen-bond donors (Lipinski definition) is 1. The number of nitrogens with two attached hydrogens (primary N) is 1. The van der Waals surface area contributed by atoms with Crippen molar-refractivity contribution in [1.29, 1.82) is 0 Å². The molecular weight excluding hydrogens is 290 g/mol. The van der Waals surface area contributed by atoms with Crippen molar-refractivity contribution in [1.82, 2.24) is 9.80 Å². The molecule has 3 unspecified atom stereocenters. The molecule has 3 atom stereocenters. The van der Waals surface area contributed by atoms with Gasteiger partial charge in [-0.05, 0) is 38.6 Å². The SMILES string of the molecule is CC(C)C(=O)N1CCCC1C(=O)N1CC(CN)CC1C.Cl. The fourth-order valence-corrected chi connectivity index (χ4v) is 3.43. The first-order valence-electron chi connectivity index (χ1n) is 7.76. The average molecular weight is 318 g/mol. The zero-order valence-corrected chi connectivity index (χ0v) is 14.1. The summed E-state index contributed by atoms with van der Waals surface area (Å²) in [5, 5.41) is 0. The Morgan fingerprint density at radius 3 is 2.48 bits per heavy atom. The maximum Gasteiger partial charge on any atom is 0.245 e. The minimum Gasteiger partial charge on any atom is -0.338 e. The molecule has 2 fully saturated rings. The lowest BCUT2D eigenvalue weighted by molar-refractivity contribution is -0.145. The highest BCUT2D eigenvalue weighted by Crippen LogP contribution is 2.27. The summed E-state index contributed by atoms with van der Waals surface area (Å²) in [5.41, 5.74) is 5.72. The summed E-state index contributed by atoms with van der Waals surface area (Å²) in [4.78, 5) is 28.7. The van der Waals surface area contributed by atoms with Crippen LogP contribution in [0.5, 0.6) is 0 Å². The Hall–Kier alpha value is -0.810. The van der Waals surface area contributed by atoms with Crippen molar-refractivity contribution in [3.8, 4) is 0 Å². The Kier molecular flexibility index (Phi) is 6.47. The number of carbonyl (C=O) groups is 2. The number of hydrogen-bond acceptors (Lipinski definition) is 3. The van der Waals surface area contributed by atoms with Gasteiger partial charge in [0.25, 0.3) is 0 Å². The van der Waals surface area contributed by atoms with Gasteiger partial charge < -0.3 is 15.5 Å². The minimum atomic E-state index is -0.246. The van der Waals surface area contributed by atoms with E-state index in [0.29, 0.717) is 12.5 Å². The molecule has 0 aromatic rings. The van der Waals surface area contributed by atoms with Gasteiger partial charge in [-0.3, -0.25) is 9.59 Å². The fourth-order valence-electron chi connectivity index (χ4n) is 3.43. The highest BCUT2D eigenvalue weighted by atomic mass is 35.5. The molecule has 2 heterocycles. The molecule has 122 valence electrons. The van der Waals surface area contributed by atoms with Gasteiger partial charge in [0.15, 0.2) is 0 Å². The summed E-state index contributed by atoms with van der Waals surface area (Å²) < 4.78 is 0. The van der Waals surface area contributed by atoms with E-state index in [1.165, 1.54) is 0 Å². The standard InChI is InChI=1S/C15H27N3O2.ClH/c1-10(2)14(19)17-6-4-5-13(17)15(20)18-9-12(8-16)7-11(18)3;/h10-13H,4-9,16H2,1-3H3;1H. The molecule has 2 rings (SSSR count). The maximum absolute atomic E-state index is 12.7. The summed E-state index contributed by atoms with van der Waals surface area (Å²) >= 11 is 0. The van der Waals surface area contributed by atoms with Crippen LogP contribution in [0.15, 0.2) is 0 Å². The van der Waals surface area contributed by atoms with Crippen LogP contribution in [-0.4, -0.2) is 53.3 Å². The predicted octanol–water partition coefficient (Wildman–Crippen LogP) is 1.25. The van der Waals surface area contributed by atoms with Gasteiger partial charge in [0.1, 0.15) is 6.04 Å². The molecule has 0 aliphatic carbocycles. The van der Waals surface area contributed by atoms with Crippen molar-refractivity contribution in [2.75, 3.05) is 19.6 Å². The Balaban J connectivity index is 0.00000220. The first-order chi connectivity index (χ1) is 9.45. The lowest BCUT2D eigenvalue weighted by Gasteiger charge is -2.31. The van der Waals surface area contributed by atoms with Crippen LogP contribution in [-0.2, 0) is 9.59 Å². The van der Waals surface area contributed by atoms with Gasteiger partial charge in [-0.25, -0.2) is 0 Å². The molecule has 21 heavy (non-hydrogen) atoms. The zero-order chi connectivity index (χ0) is 14.9. The largest absolute Gasteiger partial charge is 0.338 e. The van der Waals surface area contributed by atoms with Gasteiger partial charge >= 0.3 is 0 Å². The van der Waals surface area contributed by atoms with Gasteiger partial charge in [-0.2, -0.15) is 0 Å². The van der Waals surface area contributed by atoms with Crippen LogP contribution in [0.4, 0.5) is 0 Å². The predicted molar refractivity (Wildman–Crippen MR) is 85.2 cm³/mol. The molecule has 0 spiro atoms. The summed E-state index contributed by atoms with van der Waals surface area (Å²) in [7, 11) is 0. The molecule has 0 radical (unpaired) electrons. The molecule has 2 aliphatic rings. The number of carbonyl (C=O) groups excluding carboxylic acids is 2. The Labute approximate surface area is 133 Å². The number of nitrogens with zero attached hydrogens (tertiary/aromatic N) is 2. The molecule has 2 saturated heterocycles. The third-order valence-corrected chi connectivity index (χ3v) is 4.59. The number of likely N-dealkylation sites (tertiary alicyclic amines) is 2. The van der Waals surface area contributed by atoms with Crippen molar-refractivity contribution >= 4 is 24.2 Å². The normalized spacial score (nSPS) is 28.9. The molecule has 6 heteroatoms. The minimum absolute atomic E-state index is 0. The van der Waals surface area contributed by atoms with Crippen LogP contribution in [0.3, 0.4) is 0 Å². The van der Waals surface area contributed by atoms with E-state index in [1.54, 1.807) is 4.90 Å². The van der Waals surface area contributed by atoms with E-state index in [9.17, 15) is 9.59 Å². The summed E-state index contributed by atoms with van der Waals surface area (Å²) in [6.45, 7) is 7.97. The highest BCUT2D eigenvalue weighted by Gasteiger charge is 2.41. The van der Waals surface area contributed by atoms with Gasteiger partial charge in [0, 0.05) is 25.0 Å². The number of rotatable bonds is 3. The smallest absolute Gasteiger partial charge is 0.245 e. The third kappa shape index (κ3) is 3.69. The summed E-state index contributed by atoms with van der Waals surface area (Å²) in [6.07, 6.45) is 2.71. The van der Waals surface area contributed by atoms with Crippen LogP contribution >= 0.6 is 12.4 Å². The monoisotopic (exact) mass is 317 g/mol. The molecule has 2 N–H and O–H groups in total. The second kappa shape index (κ2) is 7.45. The number of halogens is 1. The average Bonchev–Trinajstić information content (AvgIpc) is 3.03. The van der Waals surface area contributed by atoms with Crippen molar-refractivity contribution in [3.05, 3.63) is 0 Å². The van der Waals surface area contributed by atoms with E-state index >= 15 is 0 Å². The second-order valence-corrected chi connectivity index (χ2v) is 6.52. The van der Waals surface area contributed by atoms with Crippen molar-refractivity contribution in [3.63, 3.8) is 0 Å². The van der Waals surface area contributed by atoms with E-state index in [1.807, 2.05) is 18.7 Å². The third-order valence-electron chi connectivity index (χ3n) is 4.59. The molecule has 0 saturated carbocycles. The van der Waals surface area contributed by atoms with Gasteiger partial charge in [0.05, 0.1) is 0 Å².